The molecular weight excluding hydrogens is 226 g/mol. The molecule has 5 heteroatoms. The van der Waals surface area contributed by atoms with Gasteiger partial charge in [-0.25, -0.2) is 8.42 Å². The number of methoxy groups -OCH3 is 1. The highest BCUT2D eigenvalue weighted by atomic mass is 32.2. The fraction of sp³-hybridized carbons (Fsp3) is 0.455. The van der Waals surface area contributed by atoms with Crippen LogP contribution in [0.25, 0.3) is 0 Å². The number of hydrogen-bond acceptors (Lipinski definition) is 4. The third-order valence-corrected chi connectivity index (χ3v) is 4.17. The molecule has 0 aliphatic carbocycles. The molecule has 1 atom stereocenters. The van der Waals surface area contributed by atoms with Crippen molar-refractivity contribution < 1.29 is 13.2 Å². The van der Waals surface area contributed by atoms with Crippen molar-refractivity contribution >= 4 is 9.84 Å². The monoisotopic (exact) mass is 243 g/mol. The standard InChI is InChI=1S/C11H17NO3S/c1-4-16(13,14)10-7-5-9(6-8-10)11(12-2)15-3/h5-8,11-12H,4H2,1-3H3. The number of hydrogen-bond donors (Lipinski definition) is 1. The molecule has 90 valence electrons. The van der Waals surface area contributed by atoms with Crippen molar-refractivity contribution in [2.45, 2.75) is 18.0 Å². The molecule has 1 N–H and O–H groups in total. The third kappa shape index (κ3) is 2.81. The lowest BCUT2D eigenvalue weighted by molar-refractivity contribution is 0.0808. The average Bonchev–Trinajstić information content (AvgIpc) is 2.31. The van der Waals surface area contributed by atoms with Crippen molar-refractivity contribution in [3.8, 4) is 0 Å². The molecule has 0 fully saturated rings. The topological polar surface area (TPSA) is 55.4 Å². The summed E-state index contributed by atoms with van der Waals surface area (Å²) in [7, 11) is 0.262. The second-order valence-corrected chi connectivity index (χ2v) is 5.66. The quantitative estimate of drug-likeness (QED) is 0.793. The van der Waals surface area contributed by atoms with E-state index in [1.54, 1.807) is 45.3 Å². The first-order valence-corrected chi connectivity index (χ1v) is 6.73. The summed E-state index contributed by atoms with van der Waals surface area (Å²) in [5, 5.41) is 2.97. The fourth-order valence-electron chi connectivity index (χ4n) is 1.44. The van der Waals surface area contributed by atoms with Crippen LogP contribution in [-0.2, 0) is 14.6 Å². The van der Waals surface area contributed by atoms with Crippen LogP contribution in [-0.4, -0.2) is 28.3 Å². The smallest absolute Gasteiger partial charge is 0.178 e. The molecule has 4 nitrogen and oxygen atoms in total. The van der Waals surface area contributed by atoms with Gasteiger partial charge in [0.25, 0.3) is 0 Å². The molecule has 1 aromatic rings. The van der Waals surface area contributed by atoms with E-state index in [4.69, 9.17) is 4.74 Å². The normalized spacial score (nSPS) is 13.7. The van der Waals surface area contributed by atoms with Crippen LogP contribution < -0.4 is 5.32 Å². The van der Waals surface area contributed by atoms with Gasteiger partial charge < -0.3 is 4.74 Å². The second-order valence-electron chi connectivity index (χ2n) is 3.38. The molecule has 1 aromatic carbocycles. The van der Waals surface area contributed by atoms with Gasteiger partial charge in [-0.3, -0.25) is 5.32 Å². The number of ether oxygens (including phenoxy) is 1. The van der Waals surface area contributed by atoms with Crippen LogP contribution >= 0.6 is 0 Å². The van der Waals surface area contributed by atoms with Gasteiger partial charge in [0.1, 0.15) is 6.23 Å². The molecule has 0 heterocycles. The van der Waals surface area contributed by atoms with Crippen LogP contribution in [0.3, 0.4) is 0 Å². The molecule has 1 rings (SSSR count). The molecule has 0 aliphatic rings. The summed E-state index contributed by atoms with van der Waals surface area (Å²) in [6.07, 6.45) is -0.210. The summed E-state index contributed by atoms with van der Waals surface area (Å²) in [6, 6.07) is 6.73. The van der Waals surface area contributed by atoms with E-state index in [0.29, 0.717) is 4.90 Å². The first-order chi connectivity index (χ1) is 7.55. The summed E-state index contributed by atoms with van der Waals surface area (Å²) < 4.78 is 28.3. The van der Waals surface area contributed by atoms with Crippen molar-refractivity contribution in [1.82, 2.24) is 5.32 Å². The highest BCUT2D eigenvalue weighted by Crippen LogP contribution is 2.17. The zero-order valence-electron chi connectivity index (χ0n) is 9.73. The van der Waals surface area contributed by atoms with Gasteiger partial charge >= 0.3 is 0 Å². The number of benzene rings is 1. The average molecular weight is 243 g/mol. The first-order valence-electron chi connectivity index (χ1n) is 5.08. The maximum Gasteiger partial charge on any atom is 0.178 e. The van der Waals surface area contributed by atoms with Crippen LogP contribution in [0, 0.1) is 0 Å². The Bertz CT molecular complexity index is 421. The lowest BCUT2D eigenvalue weighted by Gasteiger charge is -2.14. The predicted octanol–water partition coefficient (Wildman–Crippen LogP) is 1.34. The summed E-state index contributed by atoms with van der Waals surface area (Å²) >= 11 is 0. The number of nitrogens with one attached hydrogen (secondary N) is 1. The summed E-state index contributed by atoms with van der Waals surface area (Å²) in [5.41, 5.74) is 0.903. The lowest BCUT2D eigenvalue weighted by atomic mass is 10.2. The summed E-state index contributed by atoms with van der Waals surface area (Å²) in [5.74, 6) is 0.117. The van der Waals surface area contributed by atoms with E-state index in [-0.39, 0.29) is 12.0 Å². The molecule has 0 saturated carbocycles. The molecule has 0 saturated heterocycles. The lowest BCUT2D eigenvalue weighted by Crippen LogP contribution is -2.18. The molecule has 0 bridgehead atoms. The van der Waals surface area contributed by atoms with Gasteiger partial charge in [0, 0.05) is 7.11 Å². The van der Waals surface area contributed by atoms with Gasteiger partial charge in [0.2, 0.25) is 0 Å². The van der Waals surface area contributed by atoms with E-state index in [9.17, 15) is 8.42 Å². The molecule has 0 aliphatic heterocycles. The Morgan fingerprint density at radius 3 is 2.25 bits per heavy atom. The van der Waals surface area contributed by atoms with Crippen LogP contribution in [0.2, 0.25) is 0 Å². The van der Waals surface area contributed by atoms with Crippen LogP contribution in [0.5, 0.6) is 0 Å². The zero-order chi connectivity index (χ0) is 12.2. The Hall–Kier alpha value is -0.910. The predicted molar refractivity (Wildman–Crippen MR) is 63.0 cm³/mol. The van der Waals surface area contributed by atoms with Crippen LogP contribution in [0.1, 0.15) is 18.7 Å². The molecule has 0 amide bonds. The van der Waals surface area contributed by atoms with Gasteiger partial charge in [0.05, 0.1) is 10.6 Å². The van der Waals surface area contributed by atoms with Crippen LogP contribution in [0.15, 0.2) is 29.2 Å². The highest BCUT2D eigenvalue weighted by Gasteiger charge is 2.13. The minimum Gasteiger partial charge on any atom is -0.362 e. The Balaban J connectivity index is 3.00. The molecule has 16 heavy (non-hydrogen) atoms. The van der Waals surface area contributed by atoms with Crippen molar-refractivity contribution in [3.63, 3.8) is 0 Å². The van der Waals surface area contributed by atoms with E-state index in [2.05, 4.69) is 5.32 Å². The molecule has 0 aromatic heterocycles. The minimum absolute atomic E-state index is 0.117. The van der Waals surface area contributed by atoms with Gasteiger partial charge in [-0.15, -0.1) is 0 Å². The Morgan fingerprint density at radius 1 is 1.31 bits per heavy atom. The van der Waals surface area contributed by atoms with E-state index < -0.39 is 9.84 Å². The van der Waals surface area contributed by atoms with E-state index >= 15 is 0 Å². The van der Waals surface area contributed by atoms with Gasteiger partial charge in [-0.1, -0.05) is 19.1 Å². The van der Waals surface area contributed by atoms with Gasteiger partial charge in [0.15, 0.2) is 9.84 Å². The fourth-order valence-corrected chi connectivity index (χ4v) is 2.32. The van der Waals surface area contributed by atoms with Gasteiger partial charge in [-0.2, -0.15) is 0 Å². The van der Waals surface area contributed by atoms with Crippen molar-refractivity contribution in [1.29, 1.82) is 0 Å². The number of rotatable bonds is 5. The maximum absolute atomic E-state index is 11.6. The minimum atomic E-state index is -3.12. The molecule has 0 spiro atoms. The van der Waals surface area contributed by atoms with Crippen molar-refractivity contribution in [3.05, 3.63) is 29.8 Å². The first kappa shape index (κ1) is 13.2. The van der Waals surface area contributed by atoms with Crippen molar-refractivity contribution in [2.24, 2.45) is 0 Å². The van der Waals surface area contributed by atoms with Crippen LogP contribution in [0.4, 0.5) is 0 Å². The Kier molecular flexibility index (Phi) is 4.46. The molecule has 1 unspecified atom stereocenters. The summed E-state index contributed by atoms with van der Waals surface area (Å²) in [6.45, 7) is 1.63. The van der Waals surface area contributed by atoms with E-state index in [1.807, 2.05) is 0 Å². The third-order valence-electron chi connectivity index (χ3n) is 2.42. The largest absolute Gasteiger partial charge is 0.362 e. The number of sulfone groups is 1. The zero-order valence-corrected chi connectivity index (χ0v) is 10.5. The van der Waals surface area contributed by atoms with Crippen molar-refractivity contribution in [2.75, 3.05) is 19.9 Å². The molecular formula is C11H17NO3S. The Labute approximate surface area is 96.5 Å². The molecule has 0 radical (unpaired) electrons. The highest BCUT2D eigenvalue weighted by molar-refractivity contribution is 7.91. The van der Waals surface area contributed by atoms with E-state index in [0.717, 1.165) is 5.56 Å². The Morgan fingerprint density at radius 2 is 1.88 bits per heavy atom. The SMILES string of the molecule is CCS(=O)(=O)c1ccc(C(NC)OC)cc1. The maximum atomic E-state index is 11.6. The van der Waals surface area contributed by atoms with Gasteiger partial charge in [-0.05, 0) is 24.7 Å². The van der Waals surface area contributed by atoms with E-state index in [1.165, 1.54) is 0 Å². The second kappa shape index (κ2) is 5.43. The summed E-state index contributed by atoms with van der Waals surface area (Å²) in [4.78, 5) is 0.352.